The molecule has 0 atom stereocenters. The Labute approximate surface area is 126 Å². The normalized spacial score (nSPS) is 12.6. The minimum absolute atomic E-state index is 0.0545. The largest absolute Gasteiger partial charge is 0.392 e. The second-order valence-corrected chi connectivity index (χ2v) is 10.2. The van der Waals surface area contributed by atoms with Crippen molar-refractivity contribution < 1.29 is 32.9 Å². The summed E-state index contributed by atoms with van der Waals surface area (Å²) in [4.78, 5) is 0. The summed E-state index contributed by atoms with van der Waals surface area (Å²) in [5, 5.41) is 0. The molecular weight excluding hydrogens is 340 g/mol. The van der Waals surface area contributed by atoms with Crippen LogP contribution in [0.15, 0.2) is 0 Å². The number of hydrogen-bond donors (Lipinski definition) is 0. The standard InChI is InChI=1S/C10H16O8S2Si/c1-5-7-9-15-19(11,12)17-21(3,4)18-20(13,14)16-10-8-6-2/h1-2H,7-10H2,3-4H3. The molecule has 0 aliphatic carbocycles. The summed E-state index contributed by atoms with van der Waals surface area (Å²) in [5.41, 5.74) is 0. The van der Waals surface area contributed by atoms with E-state index < -0.39 is 29.4 Å². The summed E-state index contributed by atoms with van der Waals surface area (Å²) in [7, 11) is -12.5. The molecule has 0 heterocycles. The first-order valence-electron chi connectivity index (χ1n) is 5.60. The second kappa shape index (κ2) is 8.50. The molecule has 0 aromatic carbocycles. The van der Waals surface area contributed by atoms with Gasteiger partial charge in [0.25, 0.3) is 0 Å². The maximum absolute atomic E-state index is 11.4. The van der Waals surface area contributed by atoms with Gasteiger partial charge < -0.3 is 0 Å². The fourth-order valence-corrected chi connectivity index (χ4v) is 6.21. The van der Waals surface area contributed by atoms with E-state index in [0.717, 1.165) is 0 Å². The summed E-state index contributed by atoms with van der Waals surface area (Å²) in [6, 6.07) is 0. The van der Waals surface area contributed by atoms with Gasteiger partial charge >= 0.3 is 29.4 Å². The Kier molecular flexibility index (Phi) is 8.13. The first-order valence-corrected chi connectivity index (χ1v) is 11.1. The van der Waals surface area contributed by atoms with Crippen LogP contribution < -0.4 is 0 Å². The maximum Gasteiger partial charge on any atom is 0.392 e. The van der Waals surface area contributed by atoms with Crippen molar-refractivity contribution in [3.8, 4) is 24.7 Å². The zero-order valence-corrected chi connectivity index (χ0v) is 14.2. The average Bonchev–Trinajstić information content (AvgIpc) is 2.25. The third-order valence-electron chi connectivity index (χ3n) is 1.55. The molecule has 0 rings (SSSR count). The van der Waals surface area contributed by atoms with Crippen molar-refractivity contribution in [1.29, 1.82) is 0 Å². The highest BCUT2D eigenvalue weighted by Crippen LogP contribution is 2.16. The molecule has 0 aromatic heterocycles. The first kappa shape index (κ1) is 20.1. The fourth-order valence-electron chi connectivity index (χ4n) is 0.959. The van der Waals surface area contributed by atoms with Crippen LogP contribution in [-0.4, -0.2) is 38.6 Å². The third kappa shape index (κ3) is 10.4. The molecule has 0 fully saturated rings. The van der Waals surface area contributed by atoms with Gasteiger partial charge in [0.15, 0.2) is 0 Å². The van der Waals surface area contributed by atoms with Crippen LogP contribution in [0.25, 0.3) is 0 Å². The Bertz CT molecular complexity index is 554. The highest BCUT2D eigenvalue weighted by atomic mass is 32.3. The molecule has 21 heavy (non-hydrogen) atoms. The van der Waals surface area contributed by atoms with Crippen LogP contribution in [0, 0.1) is 24.7 Å². The van der Waals surface area contributed by atoms with Crippen LogP contribution in [0.2, 0.25) is 13.1 Å². The lowest BCUT2D eigenvalue weighted by Gasteiger charge is -2.20. The highest BCUT2D eigenvalue weighted by Gasteiger charge is 2.38. The zero-order chi connectivity index (χ0) is 16.6. The van der Waals surface area contributed by atoms with Crippen molar-refractivity contribution in [2.45, 2.75) is 25.9 Å². The van der Waals surface area contributed by atoms with Gasteiger partial charge in [0, 0.05) is 12.8 Å². The lowest BCUT2D eigenvalue weighted by molar-refractivity contribution is 0.244. The van der Waals surface area contributed by atoms with Crippen molar-refractivity contribution in [2.75, 3.05) is 13.2 Å². The van der Waals surface area contributed by atoms with Gasteiger partial charge in [-0.05, 0) is 13.1 Å². The molecule has 0 saturated carbocycles. The van der Waals surface area contributed by atoms with E-state index in [4.69, 9.17) is 12.8 Å². The van der Waals surface area contributed by atoms with Gasteiger partial charge in [-0.25, -0.2) is 8.37 Å². The van der Waals surface area contributed by atoms with E-state index in [1.807, 2.05) is 0 Å². The second-order valence-electron chi connectivity index (χ2n) is 3.94. The van der Waals surface area contributed by atoms with Crippen LogP contribution in [0.3, 0.4) is 0 Å². The SMILES string of the molecule is C#CCCOS(=O)(=O)O[Si](C)(C)OS(=O)(=O)OCCC#C. The molecule has 0 spiro atoms. The van der Waals surface area contributed by atoms with Crippen LogP contribution >= 0.6 is 0 Å². The Balaban J connectivity index is 4.62. The lowest BCUT2D eigenvalue weighted by atomic mass is 10.5. The average molecular weight is 356 g/mol. The first-order chi connectivity index (χ1) is 9.54. The van der Waals surface area contributed by atoms with Crippen LogP contribution in [0.1, 0.15) is 12.8 Å². The summed E-state index contributed by atoms with van der Waals surface area (Å²) in [6.07, 6.45) is 9.98. The quantitative estimate of drug-likeness (QED) is 0.312. The molecule has 0 amide bonds. The van der Waals surface area contributed by atoms with Crippen molar-refractivity contribution in [2.24, 2.45) is 0 Å². The fraction of sp³-hybridized carbons (Fsp3) is 0.600. The summed E-state index contributed by atoms with van der Waals surface area (Å²) < 4.78 is 63.8. The van der Waals surface area contributed by atoms with E-state index in [9.17, 15) is 16.8 Å². The van der Waals surface area contributed by atoms with Gasteiger partial charge in [-0.3, -0.25) is 7.74 Å². The molecule has 0 aliphatic heterocycles. The van der Waals surface area contributed by atoms with E-state index in [2.05, 4.69) is 28.0 Å². The Morgan fingerprint density at radius 3 is 1.48 bits per heavy atom. The number of hydrogen-bond acceptors (Lipinski definition) is 8. The van der Waals surface area contributed by atoms with Crippen LogP contribution in [0.5, 0.6) is 0 Å². The number of rotatable bonds is 10. The summed E-state index contributed by atoms with van der Waals surface area (Å²) in [6.45, 7) is 1.82. The lowest BCUT2D eigenvalue weighted by Crippen LogP contribution is -2.40. The molecule has 0 unspecified atom stereocenters. The summed E-state index contributed by atoms with van der Waals surface area (Å²) in [5.74, 6) is 4.35. The minimum atomic E-state index is -4.42. The zero-order valence-electron chi connectivity index (χ0n) is 11.6. The molecule has 0 aromatic rings. The topological polar surface area (TPSA) is 105 Å². The Morgan fingerprint density at radius 1 is 0.857 bits per heavy atom. The molecule has 11 heteroatoms. The molecule has 8 nitrogen and oxygen atoms in total. The van der Waals surface area contributed by atoms with Gasteiger partial charge in [0.1, 0.15) is 0 Å². The minimum Gasteiger partial charge on any atom is -0.262 e. The molecule has 0 saturated heterocycles. The third-order valence-corrected chi connectivity index (χ3v) is 7.31. The monoisotopic (exact) mass is 356 g/mol. The van der Waals surface area contributed by atoms with Crippen molar-refractivity contribution >= 4 is 29.4 Å². The predicted molar refractivity (Wildman–Crippen MR) is 76.3 cm³/mol. The molecule has 0 bridgehead atoms. The van der Waals surface area contributed by atoms with Gasteiger partial charge in [-0.15, -0.1) is 24.7 Å². The predicted octanol–water partition coefficient (Wildman–Crippen LogP) is 0.291. The van der Waals surface area contributed by atoms with Crippen LogP contribution in [-0.2, 0) is 36.9 Å². The van der Waals surface area contributed by atoms with Gasteiger partial charge in [-0.1, -0.05) is 0 Å². The van der Waals surface area contributed by atoms with E-state index in [0.29, 0.717) is 0 Å². The number of terminal acetylenes is 2. The smallest absolute Gasteiger partial charge is 0.262 e. The van der Waals surface area contributed by atoms with E-state index in [1.165, 1.54) is 13.1 Å². The molecule has 0 N–H and O–H groups in total. The van der Waals surface area contributed by atoms with Gasteiger partial charge in [-0.2, -0.15) is 16.8 Å². The molecule has 120 valence electrons. The highest BCUT2D eigenvalue weighted by molar-refractivity contribution is 7.84. The van der Waals surface area contributed by atoms with E-state index >= 15 is 0 Å². The Hall–Kier alpha value is -0.923. The molecule has 0 aliphatic rings. The summed E-state index contributed by atoms with van der Waals surface area (Å²) >= 11 is 0. The molecular formula is C10H16O8S2Si. The van der Waals surface area contributed by atoms with Crippen LogP contribution in [0.4, 0.5) is 0 Å². The van der Waals surface area contributed by atoms with Crippen molar-refractivity contribution in [3.63, 3.8) is 0 Å². The van der Waals surface area contributed by atoms with E-state index in [-0.39, 0.29) is 26.1 Å². The molecule has 0 radical (unpaired) electrons. The maximum atomic E-state index is 11.4. The Morgan fingerprint density at radius 2 is 1.19 bits per heavy atom. The van der Waals surface area contributed by atoms with Crippen molar-refractivity contribution in [3.05, 3.63) is 0 Å². The van der Waals surface area contributed by atoms with Crippen molar-refractivity contribution in [1.82, 2.24) is 0 Å². The van der Waals surface area contributed by atoms with Gasteiger partial charge in [0.2, 0.25) is 0 Å². The van der Waals surface area contributed by atoms with E-state index in [1.54, 1.807) is 0 Å². The van der Waals surface area contributed by atoms with Gasteiger partial charge in [0.05, 0.1) is 13.2 Å².